The molecule has 1 aromatic heterocycles. The highest BCUT2D eigenvalue weighted by Crippen LogP contribution is 2.29. The molecule has 1 aromatic rings. The number of nitrogens with one attached hydrogen (secondary N) is 1. The largest absolute Gasteiger partial charge is 0.353 e. The zero-order chi connectivity index (χ0) is 14.0. The number of nitrogens with two attached hydrogens (primary N) is 1. The van der Waals surface area contributed by atoms with E-state index in [1.807, 2.05) is 6.92 Å². The molecule has 0 spiro atoms. The van der Waals surface area contributed by atoms with Crippen LogP contribution in [0.15, 0.2) is 16.3 Å². The first-order valence-corrected chi connectivity index (χ1v) is 8.63. The summed E-state index contributed by atoms with van der Waals surface area (Å²) < 4.78 is 22.4. The van der Waals surface area contributed by atoms with Gasteiger partial charge in [-0.15, -0.1) is 11.3 Å². The summed E-state index contributed by atoms with van der Waals surface area (Å²) in [6.45, 7) is 2.02. The maximum atomic E-state index is 11.8. The number of amides is 1. The predicted octanol–water partition coefficient (Wildman–Crippen LogP) is 1.24. The lowest BCUT2D eigenvalue weighted by Gasteiger charge is -2.31. The summed E-state index contributed by atoms with van der Waals surface area (Å²) >= 11 is 1.05. The van der Waals surface area contributed by atoms with Crippen molar-refractivity contribution >= 4 is 27.3 Å². The summed E-state index contributed by atoms with van der Waals surface area (Å²) in [5.41, 5.74) is 0. The third kappa shape index (κ3) is 3.77. The van der Waals surface area contributed by atoms with Crippen molar-refractivity contribution in [1.29, 1.82) is 0 Å². The molecule has 1 heterocycles. The minimum Gasteiger partial charge on any atom is -0.353 e. The number of rotatable bonds is 5. The van der Waals surface area contributed by atoms with Crippen molar-refractivity contribution in [3.05, 3.63) is 17.0 Å². The fraction of sp³-hybridized carbons (Fsp3) is 0.583. The van der Waals surface area contributed by atoms with E-state index in [1.165, 1.54) is 25.3 Å². The number of thiophene rings is 1. The van der Waals surface area contributed by atoms with E-state index in [0.29, 0.717) is 10.8 Å². The Bertz CT molecular complexity index is 561. The summed E-state index contributed by atoms with van der Waals surface area (Å²) in [5, 5.41) is 7.99. The van der Waals surface area contributed by atoms with Crippen LogP contribution in [0.25, 0.3) is 0 Å². The molecule has 1 aliphatic carbocycles. The first-order chi connectivity index (χ1) is 8.86. The van der Waals surface area contributed by atoms with E-state index in [-0.39, 0.29) is 22.6 Å². The van der Waals surface area contributed by atoms with E-state index in [0.717, 1.165) is 11.3 Å². The van der Waals surface area contributed by atoms with Gasteiger partial charge < -0.3 is 5.32 Å². The predicted molar refractivity (Wildman–Crippen MR) is 74.3 cm³/mol. The SMILES string of the molecule is CC(NC(=O)Cc1ccc(S(N)(=O)=O)s1)C1CCC1. The highest BCUT2D eigenvalue weighted by atomic mass is 32.2. The molecule has 1 unspecified atom stereocenters. The molecule has 5 nitrogen and oxygen atoms in total. The number of hydrogen-bond donors (Lipinski definition) is 2. The van der Waals surface area contributed by atoms with Crippen molar-refractivity contribution < 1.29 is 13.2 Å². The molecule has 7 heteroatoms. The van der Waals surface area contributed by atoms with Crippen LogP contribution in [0, 0.1) is 5.92 Å². The molecule has 19 heavy (non-hydrogen) atoms. The number of carbonyl (C=O) groups excluding carboxylic acids is 1. The molecule has 2 rings (SSSR count). The van der Waals surface area contributed by atoms with Gasteiger partial charge in [-0.25, -0.2) is 13.6 Å². The van der Waals surface area contributed by atoms with Gasteiger partial charge in [0.25, 0.3) is 0 Å². The second-order valence-corrected chi connectivity index (χ2v) is 7.95. The summed E-state index contributed by atoms with van der Waals surface area (Å²) in [4.78, 5) is 12.6. The van der Waals surface area contributed by atoms with Crippen LogP contribution in [0.5, 0.6) is 0 Å². The molecule has 106 valence electrons. The van der Waals surface area contributed by atoms with Crippen molar-refractivity contribution in [1.82, 2.24) is 5.32 Å². The maximum absolute atomic E-state index is 11.8. The van der Waals surface area contributed by atoms with Gasteiger partial charge in [-0.2, -0.15) is 0 Å². The summed E-state index contributed by atoms with van der Waals surface area (Å²) in [6.07, 6.45) is 3.80. The van der Waals surface area contributed by atoms with Crippen LogP contribution >= 0.6 is 11.3 Å². The number of carbonyl (C=O) groups is 1. The maximum Gasteiger partial charge on any atom is 0.247 e. The van der Waals surface area contributed by atoms with Gasteiger partial charge >= 0.3 is 0 Å². The van der Waals surface area contributed by atoms with Gasteiger partial charge in [0, 0.05) is 10.9 Å². The fourth-order valence-electron chi connectivity index (χ4n) is 2.13. The molecule has 3 N–H and O–H groups in total. The topological polar surface area (TPSA) is 89.3 Å². The van der Waals surface area contributed by atoms with Gasteiger partial charge in [-0.1, -0.05) is 6.42 Å². The Morgan fingerprint density at radius 3 is 2.68 bits per heavy atom. The zero-order valence-corrected chi connectivity index (χ0v) is 12.4. The Labute approximate surface area is 117 Å². The minimum atomic E-state index is -3.66. The lowest BCUT2D eigenvalue weighted by atomic mass is 9.80. The van der Waals surface area contributed by atoms with Gasteiger partial charge in [0.15, 0.2) is 0 Å². The van der Waals surface area contributed by atoms with Crippen molar-refractivity contribution in [2.45, 2.75) is 42.9 Å². The minimum absolute atomic E-state index is 0.0674. The molecule has 0 aromatic carbocycles. The molecule has 0 radical (unpaired) electrons. The molecule has 1 atom stereocenters. The third-order valence-electron chi connectivity index (χ3n) is 3.50. The standard InChI is InChI=1S/C12H18N2O3S2/c1-8(9-3-2-4-9)14-11(15)7-10-5-6-12(18-10)19(13,16)17/h5-6,8-9H,2-4,7H2,1H3,(H,14,15)(H2,13,16,17). The summed E-state index contributed by atoms with van der Waals surface area (Å²) in [7, 11) is -3.66. The van der Waals surface area contributed by atoms with Crippen molar-refractivity contribution in [3.63, 3.8) is 0 Å². The van der Waals surface area contributed by atoms with E-state index in [4.69, 9.17) is 5.14 Å². The van der Waals surface area contributed by atoms with E-state index >= 15 is 0 Å². The van der Waals surface area contributed by atoms with Crippen LogP contribution in [-0.4, -0.2) is 20.4 Å². The van der Waals surface area contributed by atoms with Crippen molar-refractivity contribution in [3.8, 4) is 0 Å². The molecule has 1 amide bonds. The fourth-order valence-corrected chi connectivity index (χ4v) is 3.90. The molecule has 1 aliphatic rings. The van der Waals surface area contributed by atoms with Crippen LogP contribution in [0.3, 0.4) is 0 Å². The Morgan fingerprint density at radius 2 is 2.21 bits per heavy atom. The lowest BCUT2D eigenvalue weighted by Crippen LogP contribution is -2.41. The van der Waals surface area contributed by atoms with Crippen molar-refractivity contribution in [2.24, 2.45) is 11.1 Å². The Morgan fingerprint density at radius 1 is 1.53 bits per heavy atom. The van der Waals surface area contributed by atoms with E-state index < -0.39 is 10.0 Å². The van der Waals surface area contributed by atoms with Crippen LogP contribution < -0.4 is 10.5 Å². The van der Waals surface area contributed by atoms with Gasteiger partial charge in [-0.05, 0) is 37.8 Å². The second kappa shape index (κ2) is 5.60. The first kappa shape index (κ1) is 14.5. The average molecular weight is 302 g/mol. The molecule has 0 saturated heterocycles. The van der Waals surface area contributed by atoms with Gasteiger partial charge in [0.05, 0.1) is 6.42 Å². The zero-order valence-electron chi connectivity index (χ0n) is 10.8. The first-order valence-electron chi connectivity index (χ1n) is 6.27. The molecular formula is C12H18N2O3S2. The molecular weight excluding hydrogens is 284 g/mol. The van der Waals surface area contributed by atoms with E-state index in [2.05, 4.69) is 5.32 Å². The Kier molecular flexibility index (Phi) is 4.27. The smallest absolute Gasteiger partial charge is 0.247 e. The Balaban J connectivity index is 1.90. The van der Waals surface area contributed by atoms with Crippen LogP contribution in [0.1, 0.15) is 31.1 Å². The molecule has 1 saturated carbocycles. The van der Waals surface area contributed by atoms with Gasteiger partial charge in [-0.3, -0.25) is 4.79 Å². The van der Waals surface area contributed by atoms with Crippen molar-refractivity contribution in [2.75, 3.05) is 0 Å². The normalized spacial score (nSPS) is 17.8. The lowest BCUT2D eigenvalue weighted by molar-refractivity contribution is -0.121. The average Bonchev–Trinajstić information content (AvgIpc) is 2.61. The van der Waals surface area contributed by atoms with E-state index in [1.54, 1.807) is 6.07 Å². The molecule has 0 bridgehead atoms. The number of primary sulfonamides is 1. The van der Waals surface area contributed by atoms with Gasteiger partial charge in [0.1, 0.15) is 4.21 Å². The van der Waals surface area contributed by atoms with Crippen LogP contribution in [-0.2, 0) is 21.2 Å². The third-order valence-corrected chi connectivity index (χ3v) is 6.02. The highest BCUT2D eigenvalue weighted by Gasteiger charge is 2.25. The summed E-state index contributed by atoms with van der Waals surface area (Å²) in [5.74, 6) is 0.523. The van der Waals surface area contributed by atoms with Crippen LogP contribution in [0.2, 0.25) is 0 Å². The second-order valence-electron chi connectivity index (χ2n) is 4.99. The van der Waals surface area contributed by atoms with Crippen LogP contribution in [0.4, 0.5) is 0 Å². The monoisotopic (exact) mass is 302 g/mol. The molecule has 0 aliphatic heterocycles. The molecule has 1 fully saturated rings. The van der Waals surface area contributed by atoms with E-state index in [9.17, 15) is 13.2 Å². The summed E-state index contributed by atoms with van der Waals surface area (Å²) in [6, 6.07) is 3.27. The van der Waals surface area contributed by atoms with Gasteiger partial charge in [0.2, 0.25) is 15.9 Å². The Hall–Kier alpha value is -0.920. The highest BCUT2D eigenvalue weighted by molar-refractivity contribution is 7.91. The number of sulfonamides is 1. The quantitative estimate of drug-likeness (QED) is 0.857. The number of hydrogen-bond acceptors (Lipinski definition) is 4.